The van der Waals surface area contributed by atoms with Gasteiger partial charge in [-0.25, -0.2) is 0 Å². The lowest BCUT2D eigenvalue weighted by molar-refractivity contribution is -0.142. The number of hydrogen-bond acceptors (Lipinski definition) is 3. The van der Waals surface area contributed by atoms with Crippen LogP contribution in [0.15, 0.2) is 0 Å². The molecule has 20 heavy (non-hydrogen) atoms. The first-order valence-corrected chi connectivity index (χ1v) is 7.68. The van der Waals surface area contributed by atoms with Crippen LogP contribution in [0.3, 0.4) is 0 Å². The summed E-state index contributed by atoms with van der Waals surface area (Å²) in [6, 6.07) is 0. The lowest BCUT2D eigenvalue weighted by Gasteiger charge is -2.36. The molecule has 2 heterocycles. The number of carbonyl (C=O) groups is 2. The third-order valence-corrected chi connectivity index (χ3v) is 4.43. The molecule has 2 fully saturated rings. The Bertz CT molecular complexity index is 358. The van der Waals surface area contributed by atoms with E-state index in [0.717, 1.165) is 38.8 Å². The fraction of sp³-hybridized carbons (Fsp3) is 0.867. The number of ether oxygens (including phenoxy) is 1. The first-order chi connectivity index (χ1) is 9.56. The maximum Gasteiger partial charge on any atom is 0.303 e. The van der Waals surface area contributed by atoms with E-state index in [4.69, 9.17) is 9.84 Å². The molecular formula is C15H25NO4. The van der Waals surface area contributed by atoms with E-state index in [-0.39, 0.29) is 24.3 Å². The molecule has 2 aliphatic rings. The zero-order valence-corrected chi connectivity index (χ0v) is 12.2. The fourth-order valence-electron chi connectivity index (χ4n) is 3.31. The van der Waals surface area contributed by atoms with Crippen LogP contribution in [0.2, 0.25) is 0 Å². The Kier molecular flexibility index (Phi) is 5.40. The molecule has 0 aromatic heterocycles. The first kappa shape index (κ1) is 15.3. The van der Waals surface area contributed by atoms with E-state index >= 15 is 0 Å². The summed E-state index contributed by atoms with van der Waals surface area (Å²) in [6.45, 7) is 4.26. The van der Waals surface area contributed by atoms with Crippen molar-refractivity contribution >= 4 is 11.9 Å². The minimum atomic E-state index is -0.744. The molecule has 0 radical (unpaired) electrons. The van der Waals surface area contributed by atoms with E-state index in [9.17, 15) is 9.59 Å². The summed E-state index contributed by atoms with van der Waals surface area (Å²) >= 11 is 0. The number of carboxylic acids is 1. The molecule has 2 aliphatic heterocycles. The van der Waals surface area contributed by atoms with Gasteiger partial charge in [0.2, 0.25) is 5.91 Å². The van der Waals surface area contributed by atoms with Gasteiger partial charge < -0.3 is 14.7 Å². The number of nitrogens with zero attached hydrogens (tertiary/aromatic N) is 1. The molecule has 114 valence electrons. The topological polar surface area (TPSA) is 66.8 Å². The average Bonchev–Trinajstić information content (AvgIpc) is 2.44. The quantitative estimate of drug-likeness (QED) is 0.855. The largest absolute Gasteiger partial charge is 0.481 e. The molecule has 0 bridgehead atoms. The van der Waals surface area contributed by atoms with Crippen molar-refractivity contribution in [3.63, 3.8) is 0 Å². The van der Waals surface area contributed by atoms with Crippen molar-refractivity contribution in [3.8, 4) is 0 Å². The van der Waals surface area contributed by atoms with Crippen molar-refractivity contribution in [3.05, 3.63) is 0 Å². The number of piperidine rings is 1. The van der Waals surface area contributed by atoms with Crippen molar-refractivity contribution < 1.29 is 19.4 Å². The smallest absolute Gasteiger partial charge is 0.303 e. The number of amides is 1. The molecule has 0 saturated carbocycles. The van der Waals surface area contributed by atoms with Gasteiger partial charge in [0.25, 0.3) is 0 Å². The van der Waals surface area contributed by atoms with Crippen LogP contribution in [0.1, 0.15) is 45.4 Å². The highest BCUT2D eigenvalue weighted by molar-refractivity contribution is 5.79. The van der Waals surface area contributed by atoms with Gasteiger partial charge in [-0.1, -0.05) is 0 Å². The number of likely N-dealkylation sites (tertiary alicyclic amines) is 1. The van der Waals surface area contributed by atoms with E-state index in [1.807, 2.05) is 11.8 Å². The Morgan fingerprint density at radius 2 is 2.15 bits per heavy atom. The monoisotopic (exact) mass is 283 g/mol. The SMILES string of the molecule is C[C@@H]1C[C@@H](C(=O)N2CCC[C@@H](CCC(=O)O)C2)CCO1. The van der Waals surface area contributed by atoms with Gasteiger partial charge in [0.05, 0.1) is 6.10 Å². The van der Waals surface area contributed by atoms with Gasteiger partial charge in [0.15, 0.2) is 0 Å². The van der Waals surface area contributed by atoms with Crippen LogP contribution in [0.25, 0.3) is 0 Å². The molecule has 0 spiro atoms. The van der Waals surface area contributed by atoms with E-state index in [0.29, 0.717) is 18.9 Å². The van der Waals surface area contributed by atoms with E-state index in [1.54, 1.807) is 0 Å². The Morgan fingerprint density at radius 3 is 2.85 bits per heavy atom. The predicted octanol–water partition coefficient (Wildman–Crippen LogP) is 1.90. The third kappa shape index (κ3) is 4.20. The molecule has 0 aliphatic carbocycles. The fourth-order valence-corrected chi connectivity index (χ4v) is 3.31. The van der Waals surface area contributed by atoms with Crippen LogP contribution >= 0.6 is 0 Å². The Labute approximate surface area is 120 Å². The van der Waals surface area contributed by atoms with Crippen molar-refractivity contribution in [2.45, 2.75) is 51.6 Å². The number of rotatable bonds is 4. The Morgan fingerprint density at radius 1 is 1.35 bits per heavy atom. The maximum atomic E-state index is 12.5. The zero-order valence-electron chi connectivity index (χ0n) is 12.2. The van der Waals surface area contributed by atoms with Crippen molar-refractivity contribution in [1.29, 1.82) is 0 Å². The van der Waals surface area contributed by atoms with Crippen molar-refractivity contribution in [1.82, 2.24) is 4.90 Å². The number of carbonyl (C=O) groups excluding carboxylic acids is 1. The summed E-state index contributed by atoms with van der Waals surface area (Å²) in [6.07, 6.45) is 4.74. The average molecular weight is 283 g/mol. The van der Waals surface area contributed by atoms with Crippen LogP contribution in [0, 0.1) is 11.8 Å². The highest BCUT2D eigenvalue weighted by Crippen LogP contribution is 2.26. The van der Waals surface area contributed by atoms with Crippen molar-refractivity contribution in [2.75, 3.05) is 19.7 Å². The van der Waals surface area contributed by atoms with Crippen LogP contribution in [-0.4, -0.2) is 47.7 Å². The highest BCUT2D eigenvalue weighted by atomic mass is 16.5. The molecule has 5 nitrogen and oxygen atoms in total. The number of hydrogen-bond donors (Lipinski definition) is 1. The molecule has 1 amide bonds. The molecule has 0 aromatic rings. The summed E-state index contributed by atoms with van der Waals surface area (Å²) in [4.78, 5) is 25.1. The molecule has 0 unspecified atom stereocenters. The van der Waals surface area contributed by atoms with Crippen LogP contribution < -0.4 is 0 Å². The minimum absolute atomic E-state index is 0.0944. The lowest BCUT2D eigenvalue weighted by atomic mass is 9.90. The lowest BCUT2D eigenvalue weighted by Crippen LogP contribution is -2.45. The van der Waals surface area contributed by atoms with Gasteiger partial charge in [0, 0.05) is 32.0 Å². The second kappa shape index (κ2) is 7.07. The van der Waals surface area contributed by atoms with Gasteiger partial charge in [0.1, 0.15) is 0 Å². The minimum Gasteiger partial charge on any atom is -0.481 e. The van der Waals surface area contributed by atoms with E-state index in [1.165, 1.54) is 0 Å². The van der Waals surface area contributed by atoms with Crippen LogP contribution in [0.5, 0.6) is 0 Å². The van der Waals surface area contributed by atoms with Gasteiger partial charge in [-0.2, -0.15) is 0 Å². The van der Waals surface area contributed by atoms with Crippen LogP contribution in [-0.2, 0) is 14.3 Å². The maximum absolute atomic E-state index is 12.5. The number of aliphatic carboxylic acids is 1. The Hall–Kier alpha value is -1.10. The molecular weight excluding hydrogens is 258 g/mol. The second-order valence-electron chi connectivity index (χ2n) is 6.13. The summed E-state index contributed by atoms with van der Waals surface area (Å²) < 4.78 is 5.50. The zero-order chi connectivity index (χ0) is 14.5. The number of carboxylic acid groups (broad SMARTS) is 1. The summed E-state index contributed by atoms with van der Waals surface area (Å²) in [7, 11) is 0. The molecule has 2 saturated heterocycles. The third-order valence-electron chi connectivity index (χ3n) is 4.43. The summed E-state index contributed by atoms with van der Waals surface area (Å²) in [5.74, 6) is -0.0510. The van der Waals surface area contributed by atoms with Crippen LogP contribution in [0.4, 0.5) is 0 Å². The molecule has 3 atom stereocenters. The summed E-state index contributed by atoms with van der Waals surface area (Å²) in [5.41, 5.74) is 0. The Balaban J connectivity index is 1.84. The molecule has 5 heteroatoms. The highest BCUT2D eigenvalue weighted by Gasteiger charge is 2.31. The van der Waals surface area contributed by atoms with Gasteiger partial charge in [-0.05, 0) is 44.9 Å². The standard InChI is InChI=1S/C15H25NO4/c1-11-9-13(6-8-20-11)15(19)16-7-2-3-12(10-16)4-5-14(17)18/h11-13H,2-10H2,1H3,(H,17,18)/t11-,12+,13+/m1/s1. The predicted molar refractivity (Wildman–Crippen MR) is 74.3 cm³/mol. The van der Waals surface area contributed by atoms with Gasteiger partial charge in [-0.3, -0.25) is 9.59 Å². The molecule has 1 N–H and O–H groups in total. The second-order valence-corrected chi connectivity index (χ2v) is 6.13. The van der Waals surface area contributed by atoms with E-state index in [2.05, 4.69) is 0 Å². The summed E-state index contributed by atoms with van der Waals surface area (Å²) in [5, 5.41) is 8.76. The van der Waals surface area contributed by atoms with Gasteiger partial charge in [-0.15, -0.1) is 0 Å². The molecule has 0 aromatic carbocycles. The first-order valence-electron chi connectivity index (χ1n) is 7.68. The van der Waals surface area contributed by atoms with Crippen molar-refractivity contribution in [2.24, 2.45) is 11.8 Å². The van der Waals surface area contributed by atoms with E-state index < -0.39 is 5.97 Å². The molecule has 2 rings (SSSR count). The van der Waals surface area contributed by atoms with Gasteiger partial charge >= 0.3 is 5.97 Å². The normalized spacial score (nSPS) is 31.1.